The van der Waals surface area contributed by atoms with Crippen molar-refractivity contribution in [3.05, 3.63) is 35.9 Å². The Kier molecular flexibility index (Phi) is 4.30. The molecule has 0 aliphatic carbocycles. The lowest BCUT2D eigenvalue weighted by Gasteiger charge is -2.14. The van der Waals surface area contributed by atoms with E-state index in [-0.39, 0.29) is 31.1 Å². The number of carbonyl (C=O) groups is 1. The molecule has 98 valence electrons. The third kappa shape index (κ3) is 3.07. The fourth-order valence-electron chi connectivity index (χ4n) is 2.14. The van der Waals surface area contributed by atoms with Crippen LogP contribution in [0.1, 0.15) is 12.0 Å². The summed E-state index contributed by atoms with van der Waals surface area (Å²) < 4.78 is 5.25. The highest BCUT2D eigenvalue weighted by Crippen LogP contribution is 2.21. The van der Waals surface area contributed by atoms with E-state index in [0.717, 1.165) is 5.56 Å². The SMILES string of the molecule is NN1C[C@@H](C(=O)OCc2ccccc2)C[C@@H]1CO. The highest BCUT2D eigenvalue weighted by Gasteiger charge is 2.35. The molecule has 5 nitrogen and oxygen atoms in total. The van der Waals surface area contributed by atoms with Crippen molar-refractivity contribution in [1.82, 2.24) is 5.01 Å². The maximum atomic E-state index is 11.8. The number of aliphatic hydroxyl groups excluding tert-OH is 1. The largest absolute Gasteiger partial charge is 0.461 e. The van der Waals surface area contributed by atoms with Crippen LogP contribution < -0.4 is 5.84 Å². The van der Waals surface area contributed by atoms with Gasteiger partial charge in [0.1, 0.15) is 6.61 Å². The number of esters is 1. The predicted octanol–water partition coefficient (Wildman–Crippen LogP) is 0.286. The van der Waals surface area contributed by atoms with Gasteiger partial charge in [0.15, 0.2) is 0 Å². The van der Waals surface area contributed by atoms with Gasteiger partial charge in [-0.2, -0.15) is 0 Å². The second-order valence-corrected chi connectivity index (χ2v) is 4.56. The Morgan fingerprint density at radius 2 is 2.17 bits per heavy atom. The zero-order valence-corrected chi connectivity index (χ0v) is 10.2. The molecule has 1 aliphatic rings. The number of benzene rings is 1. The molecule has 2 atom stereocenters. The molecule has 0 radical (unpaired) electrons. The molecule has 1 fully saturated rings. The van der Waals surface area contributed by atoms with Crippen molar-refractivity contribution < 1.29 is 14.6 Å². The summed E-state index contributed by atoms with van der Waals surface area (Å²) in [5.74, 6) is 5.21. The normalized spacial score (nSPS) is 24.1. The van der Waals surface area contributed by atoms with E-state index in [1.165, 1.54) is 5.01 Å². The molecule has 0 saturated carbocycles. The van der Waals surface area contributed by atoms with Crippen molar-refractivity contribution in [2.24, 2.45) is 11.8 Å². The molecule has 2 rings (SSSR count). The van der Waals surface area contributed by atoms with E-state index in [9.17, 15) is 4.79 Å². The van der Waals surface area contributed by atoms with Gasteiger partial charge in [0.2, 0.25) is 0 Å². The lowest BCUT2D eigenvalue weighted by molar-refractivity contribution is -0.149. The van der Waals surface area contributed by atoms with Crippen molar-refractivity contribution in [2.45, 2.75) is 19.1 Å². The van der Waals surface area contributed by atoms with Crippen LogP contribution in [-0.4, -0.2) is 35.3 Å². The second kappa shape index (κ2) is 5.95. The highest BCUT2D eigenvalue weighted by molar-refractivity contribution is 5.73. The van der Waals surface area contributed by atoms with Crippen LogP contribution in [0.3, 0.4) is 0 Å². The zero-order chi connectivity index (χ0) is 13.0. The van der Waals surface area contributed by atoms with Crippen LogP contribution in [0.4, 0.5) is 0 Å². The molecule has 0 aromatic heterocycles. The van der Waals surface area contributed by atoms with Gasteiger partial charge in [0, 0.05) is 12.6 Å². The molecule has 1 aromatic carbocycles. The Balaban J connectivity index is 1.82. The number of rotatable bonds is 4. The average Bonchev–Trinajstić information content (AvgIpc) is 2.78. The minimum absolute atomic E-state index is 0.0288. The maximum absolute atomic E-state index is 11.8. The van der Waals surface area contributed by atoms with E-state index < -0.39 is 0 Å². The van der Waals surface area contributed by atoms with Gasteiger partial charge in [-0.25, -0.2) is 5.01 Å². The summed E-state index contributed by atoms with van der Waals surface area (Å²) in [5.41, 5.74) is 0.965. The van der Waals surface area contributed by atoms with E-state index >= 15 is 0 Å². The Morgan fingerprint density at radius 1 is 1.44 bits per heavy atom. The minimum atomic E-state index is -0.245. The third-order valence-corrected chi connectivity index (χ3v) is 3.22. The summed E-state index contributed by atoms with van der Waals surface area (Å²) in [5, 5.41) is 10.6. The van der Waals surface area contributed by atoms with Gasteiger partial charge < -0.3 is 9.84 Å². The maximum Gasteiger partial charge on any atom is 0.310 e. The summed E-state index contributed by atoms with van der Waals surface area (Å²) in [4.78, 5) is 11.8. The monoisotopic (exact) mass is 250 g/mol. The van der Waals surface area contributed by atoms with Crippen LogP contribution in [-0.2, 0) is 16.1 Å². The first-order valence-electron chi connectivity index (χ1n) is 6.03. The van der Waals surface area contributed by atoms with Crippen LogP contribution >= 0.6 is 0 Å². The predicted molar refractivity (Wildman–Crippen MR) is 66.1 cm³/mol. The minimum Gasteiger partial charge on any atom is -0.461 e. The summed E-state index contributed by atoms with van der Waals surface area (Å²) >= 11 is 0. The molecule has 0 bridgehead atoms. The number of nitrogens with two attached hydrogens (primary N) is 1. The van der Waals surface area contributed by atoms with Crippen molar-refractivity contribution in [2.75, 3.05) is 13.2 Å². The van der Waals surface area contributed by atoms with Crippen molar-refractivity contribution in [3.63, 3.8) is 0 Å². The van der Waals surface area contributed by atoms with Crippen LogP contribution in [0.25, 0.3) is 0 Å². The van der Waals surface area contributed by atoms with E-state index in [1.54, 1.807) is 0 Å². The van der Waals surface area contributed by atoms with Gasteiger partial charge >= 0.3 is 5.97 Å². The van der Waals surface area contributed by atoms with Crippen molar-refractivity contribution in [3.8, 4) is 0 Å². The Morgan fingerprint density at radius 3 is 2.78 bits per heavy atom. The standard InChI is InChI=1S/C13H18N2O3/c14-15-7-11(6-12(15)8-16)13(17)18-9-10-4-2-1-3-5-10/h1-5,11-12,16H,6-9,14H2/t11-,12+/m0/s1. The summed E-state index contributed by atoms with van der Waals surface area (Å²) in [6.07, 6.45) is 0.556. The second-order valence-electron chi connectivity index (χ2n) is 4.56. The molecule has 0 unspecified atom stereocenters. The van der Waals surface area contributed by atoms with Gasteiger partial charge in [-0.05, 0) is 12.0 Å². The van der Waals surface area contributed by atoms with Gasteiger partial charge in [0.25, 0.3) is 0 Å². The Bertz CT molecular complexity index is 396. The summed E-state index contributed by atoms with van der Waals surface area (Å²) in [6, 6.07) is 9.41. The number of aliphatic hydroxyl groups is 1. The average molecular weight is 250 g/mol. The van der Waals surface area contributed by atoms with E-state index in [1.807, 2.05) is 30.3 Å². The molecule has 18 heavy (non-hydrogen) atoms. The van der Waals surface area contributed by atoms with Crippen LogP contribution in [0.2, 0.25) is 0 Å². The number of ether oxygens (including phenoxy) is 1. The molecular weight excluding hydrogens is 232 g/mol. The molecular formula is C13H18N2O3. The fraction of sp³-hybridized carbons (Fsp3) is 0.462. The topological polar surface area (TPSA) is 75.8 Å². The van der Waals surface area contributed by atoms with Gasteiger partial charge in [-0.15, -0.1) is 0 Å². The number of hydrogen-bond acceptors (Lipinski definition) is 5. The van der Waals surface area contributed by atoms with Crippen molar-refractivity contribution >= 4 is 5.97 Å². The Labute approximate surface area is 106 Å². The summed E-state index contributed by atoms with van der Waals surface area (Å²) in [7, 11) is 0. The molecule has 1 saturated heterocycles. The van der Waals surface area contributed by atoms with Crippen LogP contribution in [0.15, 0.2) is 30.3 Å². The van der Waals surface area contributed by atoms with Gasteiger partial charge in [-0.1, -0.05) is 30.3 Å². The first kappa shape index (κ1) is 13.0. The zero-order valence-electron chi connectivity index (χ0n) is 10.2. The van der Waals surface area contributed by atoms with Crippen molar-refractivity contribution in [1.29, 1.82) is 0 Å². The quantitative estimate of drug-likeness (QED) is 0.593. The molecule has 1 heterocycles. The highest BCUT2D eigenvalue weighted by atomic mass is 16.5. The van der Waals surface area contributed by atoms with E-state index in [0.29, 0.717) is 13.0 Å². The van der Waals surface area contributed by atoms with Crippen LogP contribution in [0.5, 0.6) is 0 Å². The Hall–Kier alpha value is -1.43. The van der Waals surface area contributed by atoms with Gasteiger partial charge in [-0.3, -0.25) is 10.6 Å². The molecule has 0 spiro atoms. The molecule has 1 aromatic rings. The molecule has 5 heteroatoms. The first-order chi connectivity index (χ1) is 8.70. The molecule has 3 N–H and O–H groups in total. The van der Waals surface area contributed by atoms with Gasteiger partial charge in [0.05, 0.1) is 12.5 Å². The van der Waals surface area contributed by atoms with Crippen LogP contribution in [0, 0.1) is 5.92 Å². The number of hydrazine groups is 1. The molecule has 1 aliphatic heterocycles. The first-order valence-corrected chi connectivity index (χ1v) is 6.03. The van der Waals surface area contributed by atoms with E-state index in [4.69, 9.17) is 15.7 Å². The number of hydrogen-bond donors (Lipinski definition) is 2. The summed E-state index contributed by atoms with van der Waals surface area (Å²) in [6.45, 7) is 0.697. The third-order valence-electron chi connectivity index (χ3n) is 3.22. The molecule has 0 amide bonds. The fourth-order valence-corrected chi connectivity index (χ4v) is 2.14. The lowest BCUT2D eigenvalue weighted by atomic mass is 10.1. The smallest absolute Gasteiger partial charge is 0.310 e. The number of carbonyl (C=O) groups excluding carboxylic acids is 1. The van der Waals surface area contributed by atoms with E-state index in [2.05, 4.69) is 0 Å². The number of nitrogens with zero attached hydrogens (tertiary/aromatic N) is 1. The lowest BCUT2D eigenvalue weighted by Crippen LogP contribution is -2.38.